The van der Waals surface area contributed by atoms with Crippen molar-refractivity contribution in [3.05, 3.63) is 24.0 Å². The number of imidazole rings is 1. The summed E-state index contributed by atoms with van der Waals surface area (Å²) in [5, 5.41) is 3.34. The third-order valence-corrected chi connectivity index (χ3v) is 3.46. The number of anilines is 1. The molecule has 0 saturated carbocycles. The summed E-state index contributed by atoms with van der Waals surface area (Å²) in [7, 11) is 0. The molecule has 0 aliphatic rings. The fourth-order valence-electron chi connectivity index (χ4n) is 1.52. The van der Waals surface area contributed by atoms with Crippen LogP contribution in [0.3, 0.4) is 0 Å². The molecule has 0 aliphatic heterocycles. The summed E-state index contributed by atoms with van der Waals surface area (Å²) < 4.78 is 1.68. The van der Waals surface area contributed by atoms with Crippen molar-refractivity contribution < 1.29 is 0 Å². The third-order valence-electron chi connectivity index (χ3n) is 2.39. The molecule has 0 amide bonds. The molecule has 2 aromatic heterocycles. The van der Waals surface area contributed by atoms with Gasteiger partial charge >= 0.3 is 0 Å². The lowest BCUT2D eigenvalue weighted by atomic mass is 10.2. The van der Waals surface area contributed by atoms with Gasteiger partial charge in [-0.3, -0.25) is 4.57 Å². The summed E-state index contributed by atoms with van der Waals surface area (Å²) in [4.78, 5) is 16.4. The lowest BCUT2D eigenvalue weighted by Gasteiger charge is -2.11. The van der Waals surface area contributed by atoms with Crippen LogP contribution in [0.5, 0.6) is 0 Å². The fraction of sp³-hybridized carbons (Fsp3) is 0.455. The maximum absolute atomic E-state index is 5.90. The van der Waals surface area contributed by atoms with Crippen molar-refractivity contribution in [3.63, 3.8) is 0 Å². The molecule has 1 N–H and O–H groups in total. The van der Waals surface area contributed by atoms with Gasteiger partial charge in [-0.2, -0.15) is 26.7 Å². The number of rotatable bonds is 6. The second-order valence-corrected chi connectivity index (χ2v) is 5.39. The summed E-state index contributed by atoms with van der Waals surface area (Å²) in [6, 6.07) is 0. The minimum Gasteiger partial charge on any atom is -0.354 e. The van der Waals surface area contributed by atoms with E-state index in [0.29, 0.717) is 17.8 Å². The first-order valence-electron chi connectivity index (χ1n) is 5.81. The quantitative estimate of drug-likeness (QED) is 0.881. The Morgan fingerprint density at radius 3 is 2.95 bits per heavy atom. The standard InChI is InChI=1S/C11H15ClN6S/c1-8(6-19-2)5-14-10-15-9(12)16-11(17-10)18-4-3-13-7-18/h3-4,7-8H,5-6H2,1-2H3,(H,14,15,16,17). The topological polar surface area (TPSA) is 68.5 Å². The van der Waals surface area contributed by atoms with Crippen molar-refractivity contribution in [3.8, 4) is 5.95 Å². The van der Waals surface area contributed by atoms with Gasteiger partial charge in [0.25, 0.3) is 0 Å². The number of nitrogens with one attached hydrogen (secondary N) is 1. The number of hydrogen-bond donors (Lipinski definition) is 1. The smallest absolute Gasteiger partial charge is 0.241 e. The zero-order valence-electron chi connectivity index (χ0n) is 10.7. The Labute approximate surface area is 121 Å². The molecular weight excluding hydrogens is 284 g/mol. The van der Waals surface area contributed by atoms with Crippen molar-refractivity contribution in [2.75, 3.05) is 23.9 Å². The van der Waals surface area contributed by atoms with E-state index < -0.39 is 0 Å². The Hall–Kier alpha value is -1.34. The van der Waals surface area contributed by atoms with E-state index in [1.807, 2.05) is 11.8 Å². The van der Waals surface area contributed by atoms with E-state index in [2.05, 4.69) is 38.4 Å². The molecule has 0 aliphatic carbocycles. The van der Waals surface area contributed by atoms with E-state index in [-0.39, 0.29) is 5.28 Å². The van der Waals surface area contributed by atoms with Gasteiger partial charge in [-0.05, 0) is 29.5 Å². The maximum Gasteiger partial charge on any atom is 0.241 e. The Morgan fingerprint density at radius 2 is 2.26 bits per heavy atom. The van der Waals surface area contributed by atoms with Gasteiger partial charge in [-0.25, -0.2) is 4.98 Å². The number of halogens is 1. The van der Waals surface area contributed by atoms with Crippen LogP contribution in [0.2, 0.25) is 5.28 Å². The van der Waals surface area contributed by atoms with Crippen LogP contribution in [0, 0.1) is 5.92 Å². The van der Waals surface area contributed by atoms with Crippen molar-refractivity contribution in [1.82, 2.24) is 24.5 Å². The SMILES string of the molecule is CSCC(C)CNc1nc(Cl)nc(-n2ccnc2)n1. The molecule has 0 aromatic carbocycles. The van der Waals surface area contributed by atoms with Crippen LogP contribution in [0.25, 0.3) is 5.95 Å². The minimum atomic E-state index is 0.165. The van der Waals surface area contributed by atoms with Crippen LogP contribution in [-0.2, 0) is 0 Å². The van der Waals surface area contributed by atoms with E-state index >= 15 is 0 Å². The van der Waals surface area contributed by atoms with Gasteiger partial charge in [0.15, 0.2) is 0 Å². The first-order chi connectivity index (χ1) is 9.19. The molecule has 0 spiro atoms. The van der Waals surface area contributed by atoms with Gasteiger partial charge in [0.1, 0.15) is 6.33 Å². The molecule has 0 bridgehead atoms. The lowest BCUT2D eigenvalue weighted by molar-refractivity contribution is 0.695. The lowest BCUT2D eigenvalue weighted by Crippen LogP contribution is -2.16. The molecule has 2 rings (SSSR count). The molecule has 0 fully saturated rings. The molecule has 6 nitrogen and oxygen atoms in total. The average molecular weight is 299 g/mol. The molecule has 102 valence electrons. The molecule has 1 atom stereocenters. The van der Waals surface area contributed by atoms with Crippen LogP contribution < -0.4 is 5.32 Å². The number of hydrogen-bond acceptors (Lipinski definition) is 6. The third kappa shape index (κ3) is 4.07. The van der Waals surface area contributed by atoms with Crippen LogP contribution in [0.15, 0.2) is 18.7 Å². The van der Waals surface area contributed by atoms with E-state index in [1.54, 1.807) is 23.3 Å². The van der Waals surface area contributed by atoms with Gasteiger partial charge in [-0.1, -0.05) is 6.92 Å². The molecule has 0 saturated heterocycles. The van der Waals surface area contributed by atoms with Crippen LogP contribution >= 0.6 is 23.4 Å². The molecule has 0 radical (unpaired) electrons. The Kier molecular flexibility index (Phi) is 4.98. The van der Waals surface area contributed by atoms with E-state index in [9.17, 15) is 0 Å². The fourth-order valence-corrected chi connectivity index (χ4v) is 2.36. The second kappa shape index (κ2) is 6.72. The zero-order chi connectivity index (χ0) is 13.7. The summed E-state index contributed by atoms with van der Waals surface area (Å²) in [6.07, 6.45) is 7.12. The Morgan fingerprint density at radius 1 is 1.42 bits per heavy atom. The van der Waals surface area contributed by atoms with Crippen molar-refractivity contribution in [1.29, 1.82) is 0 Å². The molecule has 8 heteroatoms. The first kappa shape index (κ1) is 14.1. The minimum absolute atomic E-state index is 0.165. The van der Waals surface area contributed by atoms with Gasteiger partial charge in [0.2, 0.25) is 17.2 Å². The largest absolute Gasteiger partial charge is 0.354 e. The predicted octanol–water partition coefficient (Wildman–Crippen LogP) is 2.12. The summed E-state index contributed by atoms with van der Waals surface area (Å²) in [6.45, 7) is 2.97. The van der Waals surface area contributed by atoms with E-state index in [0.717, 1.165) is 12.3 Å². The van der Waals surface area contributed by atoms with Crippen LogP contribution in [0.1, 0.15) is 6.92 Å². The highest BCUT2D eigenvalue weighted by Gasteiger charge is 2.08. The van der Waals surface area contributed by atoms with Gasteiger partial charge in [0.05, 0.1) is 0 Å². The Bertz CT molecular complexity index is 518. The molecule has 1 unspecified atom stereocenters. The van der Waals surface area contributed by atoms with Crippen molar-refractivity contribution >= 4 is 29.3 Å². The second-order valence-electron chi connectivity index (χ2n) is 4.14. The highest BCUT2D eigenvalue weighted by atomic mass is 35.5. The summed E-state index contributed by atoms with van der Waals surface area (Å²) in [5.74, 6) is 2.55. The number of nitrogens with zero attached hydrogens (tertiary/aromatic N) is 5. The van der Waals surface area contributed by atoms with Gasteiger partial charge < -0.3 is 5.32 Å². The monoisotopic (exact) mass is 298 g/mol. The average Bonchev–Trinajstić information content (AvgIpc) is 2.90. The number of thioether (sulfide) groups is 1. The molecule has 2 heterocycles. The predicted molar refractivity (Wildman–Crippen MR) is 78.0 cm³/mol. The zero-order valence-corrected chi connectivity index (χ0v) is 12.3. The molecule has 2 aromatic rings. The maximum atomic E-state index is 5.90. The van der Waals surface area contributed by atoms with E-state index in [4.69, 9.17) is 11.6 Å². The van der Waals surface area contributed by atoms with Gasteiger partial charge in [0, 0.05) is 18.9 Å². The summed E-state index contributed by atoms with van der Waals surface area (Å²) in [5.41, 5.74) is 0. The van der Waals surface area contributed by atoms with Crippen molar-refractivity contribution in [2.45, 2.75) is 6.92 Å². The van der Waals surface area contributed by atoms with E-state index in [1.165, 1.54) is 0 Å². The normalized spacial score (nSPS) is 12.4. The summed E-state index contributed by atoms with van der Waals surface area (Å²) >= 11 is 7.72. The van der Waals surface area contributed by atoms with Crippen LogP contribution in [0.4, 0.5) is 5.95 Å². The molecular formula is C11H15ClN6S. The first-order valence-corrected chi connectivity index (χ1v) is 7.59. The highest BCUT2D eigenvalue weighted by Crippen LogP contribution is 2.11. The van der Waals surface area contributed by atoms with Gasteiger partial charge in [-0.15, -0.1) is 0 Å². The molecule has 19 heavy (non-hydrogen) atoms. The van der Waals surface area contributed by atoms with Crippen LogP contribution in [-0.4, -0.2) is 43.1 Å². The number of aromatic nitrogens is 5. The Balaban J connectivity index is 2.09. The van der Waals surface area contributed by atoms with Crippen molar-refractivity contribution in [2.24, 2.45) is 5.92 Å². The highest BCUT2D eigenvalue weighted by molar-refractivity contribution is 7.98.